The summed E-state index contributed by atoms with van der Waals surface area (Å²) in [5.41, 5.74) is 24.3. The maximum absolute atomic E-state index is 9.62. The molecule has 0 atom stereocenters. The minimum absolute atomic E-state index is 0.500. The number of fused-ring (bicyclic) bond motifs is 15. The number of anilines is 2. The number of furan rings is 3. The minimum Gasteiger partial charge on any atom is -0.455 e. The van der Waals surface area contributed by atoms with Crippen molar-refractivity contribution in [2.45, 2.75) is 0 Å². The summed E-state index contributed by atoms with van der Waals surface area (Å²) in [7, 11) is -1.50. The molecule has 11 aromatic carbocycles. The van der Waals surface area contributed by atoms with Crippen LogP contribution >= 0.6 is 45.2 Å². The van der Waals surface area contributed by atoms with Gasteiger partial charge in [-0.3, -0.25) is 0 Å². The lowest BCUT2D eigenvalue weighted by Crippen LogP contribution is -2.30. The number of halogens is 2. The third-order valence-corrected chi connectivity index (χ3v) is 15.0. The molecule has 0 saturated heterocycles. The quantitative estimate of drug-likeness (QED) is 0.0787. The minimum atomic E-state index is -1.50. The van der Waals surface area contributed by atoms with Gasteiger partial charge in [-0.05, 0) is 120 Å². The number of hydrogen-bond donors (Lipinski definition) is 4. The van der Waals surface area contributed by atoms with Gasteiger partial charge in [0.2, 0.25) is 0 Å². The summed E-state index contributed by atoms with van der Waals surface area (Å²) in [6.45, 7) is 0. The number of hydrogen-bond acceptors (Lipinski definition) is 7. The molecule has 6 N–H and O–H groups in total. The van der Waals surface area contributed by atoms with E-state index in [2.05, 4.69) is 148 Å². The maximum atomic E-state index is 9.62. The normalized spacial score (nSPS) is 11.5. The molecule has 0 saturated carbocycles. The summed E-state index contributed by atoms with van der Waals surface area (Å²) in [6.07, 6.45) is 0. The number of para-hydroxylation sites is 5. The van der Waals surface area contributed by atoms with Gasteiger partial charge in [-0.1, -0.05) is 158 Å². The lowest BCUT2D eigenvalue weighted by atomic mass is 9.76. The first-order valence-corrected chi connectivity index (χ1v) is 24.8. The van der Waals surface area contributed by atoms with Crippen molar-refractivity contribution in [3.8, 4) is 22.3 Å². The highest BCUT2D eigenvalue weighted by atomic mass is 127. The van der Waals surface area contributed by atoms with Crippen LogP contribution in [0.4, 0.5) is 11.4 Å². The van der Waals surface area contributed by atoms with Crippen LogP contribution in [0.5, 0.6) is 0 Å². The second kappa shape index (κ2) is 17.9. The van der Waals surface area contributed by atoms with Gasteiger partial charge in [-0.15, -0.1) is 0 Å². The average Bonchev–Trinajstić information content (AvgIpc) is 4.10. The Labute approximate surface area is 428 Å². The predicted octanol–water partition coefficient (Wildman–Crippen LogP) is 15.6. The van der Waals surface area contributed by atoms with Crippen molar-refractivity contribution in [1.29, 1.82) is 0 Å². The van der Waals surface area contributed by atoms with Crippen molar-refractivity contribution in [3.63, 3.8) is 0 Å². The van der Waals surface area contributed by atoms with E-state index >= 15 is 0 Å². The van der Waals surface area contributed by atoms with Crippen molar-refractivity contribution < 1.29 is 23.3 Å². The van der Waals surface area contributed by atoms with E-state index in [4.69, 9.17) is 24.7 Å². The van der Waals surface area contributed by atoms with Crippen LogP contribution in [0.25, 0.3) is 120 Å². The van der Waals surface area contributed by atoms with E-state index in [1.54, 1.807) is 6.07 Å². The second-order valence-corrected chi connectivity index (χ2v) is 19.5. The monoisotopic (exact) mass is 1130 g/mol. The first-order valence-electron chi connectivity index (χ1n) is 22.7. The molecule has 336 valence electrons. The van der Waals surface area contributed by atoms with Crippen LogP contribution in [-0.2, 0) is 0 Å². The molecule has 70 heavy (non-hydrogen) atoms. The van der Waals surface area contributed by atoms with Crippen molar-refractivity contribution in [2.75, 3.05) is 11.5 Å². The molecule has 0 fully saturated rings. The van der Waals surface area contributed by atoms with E-state index in [-0.39, 0.29) is 0 Å². The molecule has 14 aromatic rings. The Morgan fingerprint density at radius 1 is 0.314 bits per heavy atom. The molecule has 0 aliphatic carbocycles. The van der Waals surface area contributed by atoms with Gasteiger partial charge in [0.15, 0.2) is 0 Å². The van der Waals surface area contributed by atoms with E-state index in [0.717, 1.165) is 139 Å². The van der Waals surface area contributed by atoms with Crippen LogP contribution in [0, 0.1) is 7.14 Å². The van der Waals surface area contributed by atoms with Gasteiger partial charge in [0.05, 0.1) is 5.69 Å². The summed E-state index contributed by atoms with van der Waals surface area (Å²) in [4.78, 5) is 0. The first-order chi connectivity index (χ1) is 34.2. The smallest absolute Gasteiger partial charge is 0.455 e. The molecule has 0 amide bonds. The standard InChI is InChI=1S/C38H23NO2.C16H11BO3.C6H5I2N/c39-36-26(30-20-32-24-12-5-7-18-34(24)40-37(32)28-14-3-1-10-22(28)30)16-9-17-27(36)31-21-33-25-13-6-8-19-35(25)41-38(33)29-15-4-2-11-23(29)31;18-17(19)14-9-13-11-6-3-4-8-15(11)20-16(13)12-7-2-1-5-10(12)14;7-4-2-1-3-5(8)6(4)9/h1-21H,39H2;1-9,18-19H;1-3H,9H2. The zero-order valence-corrected chi connectivity index (χ0v) is 41.5. The fourth-order valence-electron chi connectivity index (χ4n) is 9.87. The molecular formula is C60H39BI2N2O5. The van der Waals surface area contributed by atoms with E-state index in [9.17, 15) is 10.0 Å². The fourth-order valence-corrected chi connectivity index (χ4v) is 11.4. The number of nitrogens with two attached hydrogens (primary N) is 2. The highest BCUT2D eigenvalue weighted by Gasteiger charge is 2.22. The summed E-state index contributed by atoms with van der Waals surface area (Å²) in [6, 6.07) is 67.3. The van der Waals surface area contributed by atoms with Gasteiger partial charge in [-0.2, -0.15) is 0 Å². The largest absolute Gasteiger partial charge is 0.489 e. The molecule has 3 aromatic heterocycles. The van der Waals surface area contributed by atoms with E-state index in [1.807, 2.05) is 91.0 Å². The highest BCUT2D eigenvalue weighted by molar-refractivity contribution is 14.1. The Kier molecular flexibility index (Phi) is 11.2. The molecular weight excluding hydrogens is 1090 g/mol. The zero-order valence-electron chi connectivity index (χ0n) is 37.2. The Morgan fingerprint density at radius 3 is 1.04 bits per heavy atom. The van der Waals surface area contributed by atoms with Crippen molar-refractivity contribution in [1.82, 2.24) is 0 Å². The molecule has 0 aliphatic rings. The van der Waals surface area contributed by atoms with Crippen LogP contribution in [0.15, 0.2) is 213 Å². The molecule has 0 spiro atoms. The lowest BCUT2D eigenvalue weighted by Gasteiger charge is -2.16. The van der Waals surface area contributed by atoms with Crippen molar-refractivity contribution >= 4 is 167 Å². The van der Waals surface area contributed by atoms with Gasteiger partial charge in [0.1, 0.15) is 33.5 Å². The first kappa shape index (κ1) is 43.9. The molecule has 0 radical (unpaired) electrons. The highest BCUT2D eigenvalue weighted by Crippen LogP contribution is 2.46. The Balaban J connectivity index is 0.000000143. The Morgan fingerprint density at radius 2 is 0.643 bits per heavy atom. The fraction of sp³-hybridized carbons (Fsp3) is 0. The van der Waals surface area contributed by atoms with Crippen LogP contribution in [-0.4, -0.2) is 17.2 Å². The number of nitrogen functional groups attached to an aromatic ring is 2. The van der Waals surface area contributed by atoms with E-state index in [1.165, 1.54) is 0 Å². The third kappa shape index (κ3) is 7.41. The summed E-state index contributed by atoms with van der Waals surface area (Å²) in [5.74, 6) is 0. The van der Waals surface area contributed by atoms with Crippen LogP contribution in [0.2, 0.25) is 0 Å². The Bertz CT molecular complexity index is 4170. The van der Waals surface area contributed by atoms with Crippen LogP contribution in [0.1, 0.15) is 0 Å². The van der Waals surface area contributed by atoms with Crippen LogP contribution < -0.4 is 16.9 Å². The molecule has 14 rings (SSSR count). The van der Waals surface area contributed by atoms with Crippen molar-refractivity contribution in [2.24, 2.45) is 0 Å². The van der Waals surface area contributed by atoms with Gasteiger partial charge in [-0.25, -0.2) is 0 Å². The SMILES string of the molecule is Nc1c(-c2cc3c4ccccc4oc3c3ccccc23)cccc1-c1cc2c3ccccc3oc2c2ccccc12.Nc1c(I)cccc1I.OB(O)c1cc2c3ccccc3oc2c2ccccc12. The lowest BCUT2D eigenvalue weighted by molar-refractivity contribution is 0.426. The molecule has 10 heteroatoms. The molecule has 0 unspecified atom stereocenters. The van der Waals surface area contributed by atoms with E-state index in [0.29, 0.717) is 5.46 Å². The van der Waals surface area contributed by atoms with Crippen LogP contribution in [0.3, 0.4) is 0 Å². The molecule has 0 aliphatic heterocycles. The molecule has 7 nitrogen and oxygen atoms in total. The summed E-state index contributed by atoms with van der Waals surface area (Å²) < 4.78 is 20.9. The number of rotatable bonds is 3. The topological polar surface area (TPSA) is 132 Å². The summed E-state index contributed by atoms with van der Waals surface area (Å²) in [5, 5.41) is 31.6. The van der Waals surface area contributed by atoms with Gasteiger partial charge < -0.3 is 34.8 Å². The molecule has 0 bridgehead atoms. The Hall–Kier alpha value is -7.36. The average molecular weight is 1130 g/mol. The predicted molar refractivity (Wildman–Crippen MR) is 309 cm³/mol. The van der Waals surface area contributed by atoms with Gasteiger partial charge >= 0.3 is 7.12 Å². The zero-order chi connectivity index (χ0) is 47.6. The maximum Gasteiger partial charge on any atom is 0.489 e. The third-order valence-electron chi connectivity index (χ3n) is 13.1. The number of benzene rings is 11. The summed E-state index contributed by atoms with van der Waals surface area (Å²) >= 11 is 4.44. The van der Waals surface area contributed by atoms with Crippen molar-refractivity contribution in [3.05, 3.63) is 207 Å². The molecule has 3 heterocycles. The second-order valence-electron chi connectivity index (χ2n) is 17.2. The van der Waals surface area contributed by atoms with Gasteiger partial charge in [0, 0.05) is 72.4 Å². The van der Waals surface area contributed by atoms with Gasteiger partial charge in [0.25, 0.3) is 0 Å². The van der Waals surface area contributed by atoms with E-state index < -0.39 is 7.12 Å².